The fourth-order valence-electron chi connectivity index (χ4n) is 2.79. The minimum Gasteiger partial charge on any atom is -0.354 e. The summed E-state index contributed by atoms with van der Waals surface area (Å²) in [5, 5.41) is 5.07. The van der Waals surface area contributed by atoms with Gasteiger partial charge in [-0.15, -0.1) is 0 Å². The fraction of sp³-hybridized carbons (Fsp3) is 0.143. The van der Waals surface area contributed by atoms with E-state index in [2.05, 4.69) is 15.6 Å². The fourth-order valence-corrected chi connectivity index (χ4v) is 2.97. The van der Waals surface area contributed by atoms with E-state index in [1.54, 1.807) is 24.3 Å². The van der Waals surface area contributed by atoms with Gasteiger partial charge in [0.25, 0.3) is 11.8 Å². The molecule has 0 saturated heterocycles. The number of aliphatic imine (C=N–C) groups is 1. The first kappa shape index (κ1) is 20.4. The minimum absolute atomic E-state index is 0.102. The first-order valence-corrected chi connectivity index (χ1v) is 9.13. The third-order valence-electron chi connectivity index (χ3n) is 4.34. The average molecular weight is 414 g/mol. The molecule has 1 aliphatic heterocycles. The van der Waals surface area contributed by atoms with Crippen molar-refractivity contribution in [3.63, 3.8) is 0 Å². The van der Waals surface area contributed by atoms with Gasteiger partial charge in [-0.25, -0.2) is 4.39 Å². The van der Waals surface area contributed by atoms with Gasteiger partial charge in [-0.1, -0.05) is 23.7 Å². The Kier molecular flexibility index (Phi) is 6.19. The maximum absolute atomic E-state index is 13.2. The lowest BCUT2D eigenvalue weighted by molar-refractivity contribution is -0.118. The highest BCUT2D eigenvalue weighted by atomic mass is 35.5. The number of Topliss-reactive ketones (excluding diaryl/α,β-unsaturated/α-hetero) is 1. The summed E-state index contributed by atoms with van der Waals surface area (Å²) in [7, 11) is 1.47. The minimum atomic E-state index is -0.578. The molecule has 0 saturated carbocycles. The van der Waals surface area contributed by atoms with Crippen LogP contribution in [-0.4, -0.2) is 30.9 Å². The van der Waals surface area contributed by atoms with Crippen molar-refractivity contribution in [2.75, 3.05) is 12.4 Å². The number of carbonyl (C=O) groups is 3. The molecule has 0 fully saturated rings. The monoisotopic (exact) mass is 413 g/mol. The number of nitrogens with zero attached hydrogens (tertiary/aromatic N) is 1. The van der Waals surface area contributed by atoms with E-state index in [1.165, 1.54) is 25.4 Å². The zero-order chi connectivity index (χ0) is 21.0. The summed E-state index contributed by atoms with van der Waals surface area (Å²) in [5.74, 6) is -1.61. The van der Waals surface area contributed by atoms with Crippen molar-refractivity contribution in [2.24, 2.45) is 4.99 Å². The first-order chi connectivity index (χ1) is 13.9. The number of halogens is 2. The molecule has 29 heavy (non-hydrogen) atoms. The number of anilines is 1. The van der Waals surface area contributed by atoms with Crippen LogP contribution in [0, 0.1) is 5.82 Å². The Morgan fingerprint density at radius 2 is 1.83 bits per heavy atom. The summed E-state index contributed by atoms with van der Waals surface area (Å²) in [6.07, 6.45) is 1.90. The second-order valence-electron chi connectivity index (χ2n) is 6.30. The third-order valence-corrected chi connectivity index (χ3v) is 4.63. The number of benzene rings is 2. The van der Waals surface area contributed by atoms with Gasteiger partial charge in [-0.05, 0) is 35.9 Å². The Morgan fingerprint density at radius 1 is 1.10 bits per heavy atom. The van der Waals surface area contributed by atoms with Gasteiger partial charge in [-0.2, -0.15) is 0 Å². The van der Waals surface area contributed by atoms with Gasteiger partial charge >= 0.3 is 0 Å². The number of amides is 2. The van der Waals surface area contributed by atoms with Crippen molar-refractivity contribution in [3.05, 3.63) is 75.7 Å². The maximum Gasteiger partial charge on any atom is 0.270 e. The van der Waals surface area contributed by atoms with E-state index >= 15 is 0 Å². The van der Waals surface area contributed by atoms with Gasteiger partial charge in [0.15, 0.2) is 5.78 Å². The van der Waals surface area contributed by atoms with Crippen LogP contribution in [0.4, 0.5) is 10.1 Å². The Hall–Kier alpha value is -3.32. The molecule has 2 N–H and O–H groups in total. The molecular formula is C21H17ClFN3O3. The van der Waals surface area contributed by atoms with E-state index in [0.29, 0.717) is 11.3 Å². The number of ketones is 1. The van der Waals surface area contributed by atoms with E-state index in [9.17, 15) is 18.8 Å². The molecule has 148 valence electrons. The smallest absolute Gasteiger partial charge is 0.270 e. The summed E-state index contributed by atoms with van der Waals surface area (Å²) in [4.78, 5) is 40.5. The van der Waals surface area contributed by atoms with Gasteiger partial charge in [0.1, 0.15) is 11.5 Å². The molecule has 1 aliphatic rings. The molecule has 0 bridgehead atoms. The van der Waals surface area contributed by atoms with Crippen LogP contribution in [-0.2, 0) is 16.0 Å². The van der Waals surface area contributed by atoms with E-state index in [0.717, 1.165) is 11.6 Å². The number of likely N-dealkylation sites (N-methyl/N-ethyl adjacent to an activating group) is 1. The van der Waals surface area contributed by atoms with Crippen LogP contribution in [0.25, 0.3) is 0 Å². The third kappa shape index (κ3) is 4.75. The number of hydrogen-bond acceptors (Lipinski definition) is 4. The van der Waals surface area contributed by atoms with Crippen LogP contribution in [0.1, 0.15) is 22.3 Å². The molecule has 1 heterocycles. The lowest BCUT2D eigenvalue weighted by Gasteiger charge is -2.08. The zero-order valence-corrected chi connectivity index (χ0v) is 16.2. The summed E-state index contributed by atoms with van der Waals surface area (Å²) in [6, 6.07) is 10.6. The summed E-state index contributed by atoms with van der Waals surface area (Å²) < 4.78 is 13.2. The number of carbonyl (C=O) groups excluding carboxylic acids is 3. The van der Waals surface area contributed by atoms with E-state index in [4.69, 9.17) is 11.6 Å². The number of nitrogens with one attached hydrogen (secondary N) is 2. The Balaban J connectivity index is 1.66. The molecule has 6 nitrogen and oxygen atoms in total. The topological polar surface area (TPSA) is 87.6 Å². The van der Waals surface area contributed by atoms with Crippen LogP contribution >= 0.6 is 11.6 Å². The molecule has 0 atom stereocenters. The van der Waals surface area contributed by atoms with Crippen molar-refractivity contribution in [1.82, 2.24) is 5.32 Å². The Labute approximate surface area is 171 Å². The lowest BCUT2D eigenvalue weighted by atomic mass is 10.0. The normalized spacial score (nSPS) is 12.8. The molecule has 0 unspecified atom stereocenters. The van der Waals surface area contributed by atoms with Crippen LogP contribution < -0.4 is 10.6 Å². The van der Waals surface area contributed by atoms with Crippen molar-refractivity contribution >= 4 is 41.1 Å². The van der Waals surface area contributed by atoms with Crippen LogP contribution in [0.3, 0.4) is 0 Å². The van der Waals surface area contributed by atoms with Crippen molar-refractivity contribution in [1.29, 1.82) is 0 Å². The van der Waals surface area contributed by atoms with Crippen molar-refractivity contribution in [2.45, 2.75) is 12.8 Å². The second-order valence-corrected chi connectivity index (χ2v) is 6.71. The molecule has 0 aliphatic carbocycles. The van der Waals surface area contributed by atoms with Gasteiger partial charge in [-0.3, -0.25) is 19.4 Å². The SMILES string of the molecule is CNC(=O)C1=C(C(=O)Nc2ccc(CC(=O)c3ccc(F)c(Cl)c3)cc2)CC=N1. The van der Waals surface area contributed by atoms with E-state index < -0.39 is 17.6 Å². The first-order valence-electron chi connectivity index (χ1n) is 8.75. The van der Waals surface area contributed by atoms with Gasteiger partial charge in [0.05, 0.1) is 10.6 Å². The predicted octanol–water partition coefficient (Wildman–Crippen LogP) is 3.32. The summed E-state index contributed by atoms with van der Waals surface area (Å²) in [6.45, 7) is 0. The maximum atomic E-state index is 13.2. The predicted molar refractivity (Wildman–Crippen MR) is 109 cm³/mol. The highest BCUT2D eigenvalue weighted by Gasteiger charge is 2.23. The van der Waals surface area contributed by atoms with E-state index in [-0.39, 0.29) is 34.9 Å². The molecule has 8 heteroatoms. The molecule has 2 aromatic rings. The number of rotatable bonds is 6. The summed E-state index contributed by atoms with van der Waals surface area (Å²) in [5.41, 5.74) is 1.96. The van der Waals surface area contributed by atoms with Crippen LogP contribution in [0.2, 0.25) is 5.02 Å². The second kappa shape index (κ2) is 8.79. The quantitative estimate of drug-likeness (QED) is 0.712. The molecule has 0 spiro atoms. The molecule has 0 aromatic heterocycles. The highest BCUT2D eigenvalue weighted by Crippen LogP contribution is 2.20. The van der Waals surface area contributed by atoms with Crippen LogP contribution in [0.5, 0.6) is 0 Å². The van der Waals surface area contributed by atoms with Gasteiger partial charge < -0.3 is 10.6 Å². The standard InChI is InChI=1S/C21H17ClFN3O3/c1-24-21(29)19-15(8-9-25-19)20(28)26-14-5-2-12(3-6-14)10-18(27)13-4-7-17(23)16(22)11-13/h2-7,9,11H,8,10H2,1H3,(H,24,29)(H,26,28). The average Bonchev–Trinajstić information content (AvgIpc) is 3.21. The van der Waals surface area contributed by atoms with Crippen LogP contribution in [0.15, 0.2) is 58.7 Å². The Bertz CT molecular complexity index is 1050. The van der Waals surface area contributed by atoms with Gasteiger partial charge in [0, 0.05) is 37.4 Å². The molecular weight excluding hydrogens is 397 g/mol. The molecule has 0 radical (unpaired) electrons. The molecule has 3 rings (SSSR count). The van der Waals surface area contributed by atoms with Crippen molar-refractivity contribution < 1.29 is 18.8 Å². The van der Waals surface area contributed by atoms with Crippen molar-refractivity contribution in [3.8, 4) is 0 Å². The number of hydrogen-bond donors (Lipinski definition) is 2. The molecule has 2 aromatic carbocycles. The molecule has 2 amide bonds. The van der Waals surface area contributed by atoms with Gasteiger partial charge in [0.2, 0.25) is 0 Å². The Morgan fingerprint density at radius 3 is 2.48 bits per heavy atom. The zero-order valence-electron chi connectivity index (χ0n) is 15.5. The van der Waals surface area contributed by atoms with E-state index in [1.807, 2.05) is 0 Å². The summed E-state index contributed by atoms with van der Waals surface area (Å²) >= 11 is 5.72. The largest absolute Gasteiger partial charge is 0.354 e. The highest BCUT2D eigenvalue weighted by molar-refractivity contribution is 6.31. The lowest BCUT2D eigenvalue weighted by Crippen LogP contribution is -2.23.